The van der Waals surface area contributed by atoms with E-state index in [0.717, 1.165) is 22.6 Å². The summed E-state index contributed by atoms with van der Waals surface area (Å²) >= 11 is 0. The average molecular weight is 234 g/mol. The van der Waals surface area contributed by atoms with Crippen molar-refractivity contribution in [2.45, 2.75) is 19.4 Å². The summed E-state index contributed by atoms with van der Waals surface area (Å²) in [5, 5.41) is 8.74. The second kappa shape index (κ2) is 4.14. The standard InChI is InChI=1S/C11H14N4O2/c1-6-14-9-4-7(3-8(12)11(16)17)5-13-10(9)15(6)2/h4-5,8H,3,12H2,1-2H3,(H,16,17). The first-order valence-corrected chi connectivity index (χ1v) is 5.25. The smallest absolute Gasteiger partial charge is 0.320 e. The van der Waals surface area contributed by atoms with Gasteiger partial charge in [-0.05, 0) is 25.0 Å². The number of aryl methyl sites for hydroxylation is 2. The molecule has 0 fully saturated rings. The van der Waals surface area contributed by atoms with Gasteiger partial charge in [-0.1, -0.05) is 0 Å². The van der Waals surface area contributed by atoms with Gasteiger partial charge >= 0.3 is 5.97 Å². The van der Waals surface area contributed by atoms with Crippen LogP contribution in [0, 0.1) is 6.92 Å². The van der Waals surface area contributed by atoms with E-state index in [-0.39, 0.29) is 6.42 Å². The Balaban J connectivity index is 2.35. The largest absolute Gasteiger partial charge is 0.480 e. The van der Waals surface area contributed by atoms with Crippen molar-refractivity contribution in [2.75, 3.05) is 0 Å². The Labute approximate surface area is 98.1 Å². The fraction of sp³-hybridized carbons (Fsp3) is 0.364. The van der Waals surface area contributed by atoms with Crippen molar-refractivity contribution in [3.8, 4) is 0 Å². The summed E-state index contributed by atoms with van der Waals surface area (Å²) in [4.78, 5) is 19.3. The lowest BCUT2D eigenvalue weighted by molar-refractivity contribution is -0.138. The Kier molecular flexibility index (Phi) is 2.81. The molecule has 6 nitrogen and oxygen atoms in total. The summed E-state index contributed by atoms with van der Waals surface area (Å²) in [5.74, 6) is -0.144. The molecule has 1 unspecified atom stereocenters. The lowest BCUT2D eigenvalue weighted by atomic mass is 10.1. The zero-order valence-electron chi connectivity index (χ0n) is 9.71. The Hall–Kier alpha value is -1.95. The molecule has 0 bridgehead atoms. The third-order valence-electron chi connectivity index (χ3n) is 2.76. The first-order valence-electron chi connectivity index (χ1n) is 5.25. The first kappa shape index (κ1) is 11.5. The van der Waals surface area contributed by atoms with Gasteiger partial charge in [0, 0.05) is 13.2 Å². The molecule has 90 valence electrons. The number of fused-ring (bicyclic) bond motifs is 1. The molecule has 0 saturated heterocycles. The van der Waals surface area contributed by atoms with Gasteiger partial charge in [0.1, 0.15) is 17.4 Å². The molecule has 17 heavy (non-hydrogen) atoms. The third kappa shape index (κ3) is 2.12. The third-order valence-corrected chi connectivity index (χ3v) is 2.76. The highest BCUT2D eigenvalue weighted by atomic mass is 16.4. The van der Waals surface area contributed by atoms with E-state index in [1.165, 1.54) is 0 Å². The van der Waals surface area contributed by atoms with Crippen LogP contribution in [0.2, 0.25) is 0 Å². The van der Waals surface area contributed by atoms with E-state index >= 15 is 0 Å². The van der Waals surface area contributed by atoms with Crippen LogP contribution < -0.4 is 5.73 Å². The van der Waals surface area contributed by atoms with Gasteiger partial charge in [0.05, 0.1) is 0 Å². The number of hydrogen-bond acceptors (Lipinski definition) is 4. The van der Waals surface area contributed by atoms with Crippen molar-refractivity contribution >= 4 is 17.1 Å². The van der Waals surface area contributed by atoms with Gasteiger partial charge in [0.2, 0.25) is 0 Å². The molecule has 0 amide bonds. The molecular formula is C11H14N4O2. The lowest BCUT2D eigenvalue weighted by Crippen LogP contribution is -2.32. The summed E-state index contributed by atoms with van der Waals surface area (Å²) in [5.41, 5.74) is 7.81. The van der Waals surface area contributed by atoms with Gasteiger partial charge in [0.15, 0.2) is 5.65 Å². The van der Waals surface area contributed by atoms with Crippen molar-refractivity contribution in [1.82, 2.24) is 14.5 Å². The predicted molar refractivity (Wildman–Crippen MR) is 62.6 cm³/mol. The number of aromatic nitrogens is 3. The van der Waals surface area contributed by atoms with Gasteiger partial charge in [-0.25, -0.2) is 9.97 Å². The van der Waals surface area contributed by atoms with E-state index in [2.05, 4.69) is 9.97 Å². The number of aliphatic carboxylic acids is 1. The van der Waals surface area contributed by atoms with Crippen LogP contribution in [0.15, 0.2) is 12.3 Å². The summed E-state index contributed by atoms with van der Waals surface area (Å²) in [6.45, 7) is 1.89. The molecule has 3 N–H and O–H groups in total. The van der Waals surface area contributed by atoms with Crippen molar-refractivity contribution in [1.29, 1.82) is 0 Å². The minimum absolute atomic E-state index is 0.258. The zero-order valence-corrected chi connectivity index (χ0v) is 9.71. The summed E-state index contributed by atoms with van der Waals surface area (Å²) in [6.07, 6.45) is 1.90. The topological polar surface area (TPSA) is 94.0 Å². The molecule has 1 atom stereocenters. The van der Waals surface area contributed by atoms with Crippen LogP contribution in [-0.2, 0) is 18.3 Å². The number of carboxylic acid groups (broad SMARTS) is 1. The van der Waals surface area contributed by atoms with E-state index < -0.39 is 12.0 Å². The fourth-order valence-electron chi connectivity index (χ4n) is 1.68. The fourth-order valence-corrected chi connectivity index (χ4v) is 1.68. The van der Waals surface area contributed by atoms with E-state index in [4.69, 9.17) is 10.8 Å². The summed E-state index contributed by atoms with van der Waals surface area (Å²) in [6, 6.07) is 0.928. The molecule has 2 aromatic heterocycles. The molecule has 0 aliphatic rings. The molecule has 6 heteroatoms. The second-order valence-corrected chi connectivity index (χ2v) is 4.05. The molecule has 2 aromatic rings. The molecule has 0 aliphatic carbocycles. The quantitative estimate of drug-likeness (QED) is 0.792. The number of nitrogens with zero attached hydrogens (tertiary/aromatic N) is 3. The minimum Gasteiger partial charge on any atom is -0.480 e. The van der Waals surface area contributed by atoms with E-state index in [0.29, 0.717) is 0 Å². The number of pyridine rings is 1. The molecule has 0 spiro atoms. The van der Waals surface area contributed by atoms with Crippen molar-refractivity contribution in [2.24, 2.45) is 12.8 Å². The Morgan fingerprint density at radius 3 is 3.00 bits per heavy atom. The minimum atomic E-state index is -1.01. The zero-order chi connectivity index (χ0) is 12.6. The van der Waals surface area contributed by atoms with Crippen LogP contribution >= 0.6 is 0 Å². The lowest BCUT2D eigenvalue weighted by Gasteiger charge is -2.05. The molecule has 0 aromatic carbocycles. The van der Waals surface area contributed by atoms with Crippen LogP contribution in [-0.4, -0.2) is 31.7 Å². The number of imidazole rings is 1. The predicted octanol–water partition coefficient (Wildman–Crippen LogP) is 0.231. The number of carbonyl (C=O) groups is 1. The highest BCUT2D eigenvalue weighted by Crippen LogP contribution is 2.14. The summed E-state index contributed by atoms with van der Waals surface area (Å²) in [7, 11) is 1.89. The van der Waals surface area contributed by atoms with Gasteiger partial charge in [0.25, 0.3) is 0 Å². The Morgan fingerprint density at radius 1 is 1.65 bits per heavy atom. The Bertz CT molecular complexity index is 576. The molecule has 0 aliphatic heterocycles. The van der Waals surface area contributed by atoms with Crippen LogP contribution in [0.3, 0.4) is 0 Å². The van der Waals surface area contributed by atoms with Crippen LogP contribution in [0.1, 0.15) is 11.4 Å². The van der Waals surface area contributed by atoms with Crippen molar-refractivity contribution in [3.05, 3.63) is 23.7 Å². The first-order chi connectivity index (χ1) is 7.99. The number of nitrogens with two attached hydrogens (primary N) is 1. The molecule has 2 rings (SSSR count). The van der Waals surface area contributed by atoms with Crippen molar-refractivity contribution in [3.63, 3.8) is 0 Å². The number of rotatable bonds is 3. The molecular weight excluding hydrogens is 220 g/mol. The molecule has 2 heterocycles. The van der Waals surface area contributed by atoms with Crippen LogP contribution in [0.25, 0.3) is 11.2 Å². The van der Waals surface area contributed by atoms with E-state index in [1.54, 1.807) is 6.20 Å². The maximum absolute atomic E-state index is 10.7. The maximum Gasteiger partial charge on any atom is 0.320 e. The molecule has 0 radical (unpaired) electrons. The van der Waals surface area contributed by atoms with Crippen molar-refractivity contribution < 1.29 is 9.90 Å². The van der Waals surface area contributed by atoms with Gasteiger partial charge in [-0.3, -0.25) is 4.79 Å². The molecule has 0 saturated carbocycles. The van der Waals surface area contributed by atoms with Crippen LogP contribution in [0.4, 0.5) is 0 Å². The van der Waals surface area contributed by atoms with Gasteiger partial charge < -0.3 is 15.4 Å². The van der Waals surface area contributed by atoms with Crippen LogP contribution in [0.5, 0.6) is 0 Å². The average Bonchev–Trinajstić information content (AvgIpc) is 2.54. The number of carboxylic acids is 1. The monoisotopic (exact) mass is 234 g/mol. The maximum atomic E-state index is 10.7. The van der Waals surface area contributed by atoms with E-state index in [9.17, 15) is 4.79 Å². The second-order valence-electron chi connectivity index (χ2n) is 4.05. The summed E-state index contributed by atoms with van der Waals surface area (Å²) < 4.78 is 1.89. The van der Waals surface area contributed by atoms with E-state index in [1.807, 2.05) is 24.6 Å². The number of hydrogen-bond donors (Lipinski definition) is 2. The Morgan fingerprint density at radius 2 is 2.35 bits per heavy atom. The van der Waals surface area contributed by atoms with Gasteiger partial charge in [-0.15, -0.1) is 0 Å². The van der Waals surface area contributed by atoms with Gasteiger partial charge in [-0.2, -0.15) is 0 Å². The highest BCUT2D eigenvalue weighted by Gasteiger charge is 2.13. The normalized spacial score (nSPS) is 12.9. The SMILES string of the molecule is Cc1nc2cc(CC(N)C(=O)O)cnc2n1C. The highest BCUT2D eigenvalue weighted by molar-refractivity contribution is 5.75.